The Labute approximate surface area is 142 Å². The number of carbonyl (C=O) groups is 1. The summed E-state index contributed by atoms with van der Waals surface area (Å²) in [6.45, 7) is 4.14. The Bertz CT molecular complexity index is 630. The van der Waals surface area contributed by atoms with Gasteiger partial charge in [-0.15, -0.1) is 11.3 Å². The van der Waals surface area contributed by atoms with E-state index in [0.29, 0.717) is 4.88 Å². The molecular formula is C19H24N2OS. The first kappa shape index (κ1) is 17.4. The molecule has 0 saturated heterocycles. The number of unbranched alkanes of at least 4 members (excludes halogenated alkanes) is 3. The molecule has 0 atom stereocenters. The molecule has 0 spiro atoms. The summed E-state index contributed by atoms with van der Waals surface area (Å²) in [7, 11) is 0. The quantitative estimate of drug-likeness (QED) is 0.412. The van der Waals surface area contributed by atoms with Crippen molar-refractivity contribution in [3.05, 3.63) is 57.8 Å². The van der Waals surface area contributed by atoms with Crippen molar-refractivity contribution in [1.82, 2.24) is 5.43 Å². The third-order valence-electron chi connectivity index (χ3n) is 3.76. The van der Waals surface area contributed by atoms with Crippen LogP contribution < -0.4 is 5.43 Å². The zero-order valence-electron chi connectivity index (χ0n) is 13.8. The molecule has 23 heavy (non-hydrogen) atoms. The molecule has 0 unspecified atom stereocenters. The number of hydrazone groups is 1. The average molecular weight is 328 g/mol. The highest BCUT2D eigenvalue weighted by molar-refractivity contribution is 7.12. The molecule has 3 nitrogen and oxygen atoms in total. The van der Waals surface area contributed by atoms with E-state index in [2.05, 4.69) is 41.7 Å². The molecule has 0 aliphatic carbocycles. The molecule has 0 fully saturated rings. The number of rotatable bonds is 8. The Morgan fingerprint density at radius 1 is 1.13 bits per heavy atom. The van der Waals surface area contributed by atoms with Gasteiger partial charge in [0.25, 0.3) is 5.91 Å². The first-order valence-corrected chi connectivity index (χ1v) is 9.06. The van der Waals surface area contributed by atoms with Crippen LogP contribution >= 0.6 is 11.3 Å². The number of aryl methyl sites for hydroxylation is 1. The van der Waals surface area contributed by atoms with Crippen LogP contribution in [-0.2, 0) is 6.42 Å². The molecule has 1 heterocycles. The standard InChI is InChI=1S/C19H24N2OS/c1-3-4-5-6-8-16-10-12-17(13-11-16)15(2)20-21-19(22)18-9-7-14-23-18/h7,9-14H,3-6,8H2,1-2H3,(H,21,22)/b20-15+. The lowest BCUT2D eigenvalue weighted by Crippen LogP contribution is -2.18. The van der Waals surface area contributed by atoms with Gasteiger partial charge in [-0.05, 0) is 42.3 Å². The van der Waals surface area contributed by atoms with Crippen molar-refractivity contribution in [3.63, 3.8) is 0 Å². The highest BCUT2D eigenvalue weighted by Gasteiger charge is 2.05. The van der Waals surface area contributed by atoms with E-state index >= 15 is 0 Å². The van der Waals surface area contributed by atoms with Crippen LogP contribution in [0.1, 0.15) is 60.3 Å². The van der Waals surface area contributed by atoms with Gasteiger partial charge in [-0.1, -0.05) is 56.5 Å². The lowest BCUT2D eigenvalue weighted by atomic mass is 10.0. The number of nitrogens with zero attached hydrogens (tertiary/aromatic N) is 1. The number of benzene rings is 1. The normalized spacial score (nSPS) is 11.5. The predicted octanol–water partition coefficient (Wildman–Crippen LogP) is 5.02. The highest BCUT2D eigenvalue weighted by atomic mass is 32.1. The zero-order chi connectivity index (χ0) is 16.5. The Kier molecular flexibility index (Phi) is 7.01. The number of amides is 1. The largest absolute Gasteiger partial charge is 0.281 e. The Hall–Kier alpha value is -1.94. The molecule has 0 saturated carbocycles. The third-order valence-corrected chi connectivity index (χ3v) is 4.63. The molecule has 1 aromatic carbocycles. The molecule has 0 aliphatic heterocycles. The predicted molar refractivity (Wildman–Crippen MR) is 98.3 cm³/mol. The van der Waals surface area contributed by atoms with Gasteiger partial charge in [0, 0.05) is 0 Å². The molecule has 1 N–H and O–H groups in total. The lowest BCUT2D eigenvalue weighted by Gasteiger charge is -2.05. The minimum atomic E-state index is -0.160. The number of hydrogen-bond acceptors (Lipinski definition) is 3. The van der Waals surface area contributed by atoms with Gasteiger partial charge in [0.15, 0.2) is 0 Å². The van der Waals surface area contributed by atoms with E-state index in [1.54, 1.807) is 6.07 Å². The maximum Gasteiger partial charge on any atom is 0.281 e. The smallest absolute Gasteiger partial charge is 0.266 e. The van der Waals surface area contributed by atoms with Gasteiger partial charge in [0.05, 0.1) is 10.6 Å². The summed E-state index contributed by atoms with van der Waals surface area (Å²) in [6.07, 6.45) is 6.26. The fourth-order valence-electron chi connectivity index (χ4n) is 2.33. The first-order valence-electron chi connectivity index (χ1n) is 8.18. The molecule has 1 aromatic heterocycles. The topological polar surface area (TPSA) is 41.5 Å². The summed E-state index contributed by atoms with van der Waals surface area (Å²) in [4.78, 5) is 12.5. The van der Waals surface area contributed by atoms with Gasteiger partial charge in [0.2, 0.25) is 0 Å². The van der Waals surface area contributed by atoms with Crippen molar-refractivity contribution in [2.24, 2.45) is 5.10 Å². The maximum atomic E-state index is 11.9. The fraction of sp³-hybridized carbons (Fsp3) is 0.368. The van der Waals surface area contributed by atoms with E-state index in [4.69, 9.17) is 0 Å². The number of hydrogen-bond donors (Lipinski definition) is 1. The van der Waals surface area contributed by atoms with Gasteiger partial charge in [-0.2, -0.15) is 5.10 Å². The van der Waals surface area contributed by atoms with E-state index in [1.165, 1.54) is 42.6 Å². The van der Waals surface area contributed by atoms with Crippen LogP contribution in [0.3, 0.4) is 0 Å². The van der Waals surface area contributed by atoms with E-state index in [1.807, 2.05) is 18.4 Å². The van der Waals surface area contributed by atoms with Gasteiger partial charge in [0.1, 0.15) is 0 Å². The fourth-order valence-corrected chi connectivity index (χ4v) is 2.94. The molecular weight excluding hydrogens is 304 g/mol. The summed E-state index contributed by atoms with van der Waals surface area (Å²) in [5.41, 5.74) is 5.82. The summed E-state index contributed by atoms with van der Waals surface area (Å²) >= 11 is 1.41. The summed E-state index contributed by atoms with van der Waals surface area (Å²) < 4.78 is 0. The van der Waals surface area contributed by atoms with Crippen LogP contribution in [-0.4, -0.2) is 11.6 Å². The van der Waals surface area contributed by atoms with Gasteiger partial charge < -0.3 is 0 Å². The Balaban J connectivity index is 1.87. The lowest BCUT2D eigenvalue weighted by molar-refractivity contribution is 0.0959. The van der Waals surface area contributed by atoms with Crippen molar-refractivity contribution < 1.29 is 4.79 Å². The van der Waals surface area contributed by atoms with E-state index < -0.39 is 0 Å². The minimum Gasteiger partial charge on any atom is -0.266 e. The van der Waals surface area contributed by atoms with Gasteiger partial charge >= 0.3 is 0 Å². The van der Waals surface area contributed by atoms with Crippen LogP contribution in [0.2, 0.25) is 0 Å². The van der Waals surface area contributed by atoms with Gasteiger partial charge in [-0.3, -0.25) is 4.79 Å². The molecule has 2 aromatic rings. The summed E-state index contributed by atoms with van der Waals surface area (Å²) in [5.74, 6) is -0.160. The molecule has 4 heteroatoms. The Morgan fingerprint density at radius 2 is 1.91 bits per heavy atom. The maximum absolute atomic E-state index is 11.9. The average Bonchev–Trinajstić information content (AvgIpc) is 3.11. The molecule has 122 valence electrons. The van der Waals surface area contributed by atoms with Crippen LogP contribution in [0.5, 0.6) is 0 Å². The van der Waals surface area contributed by atoms with Crippen molar-refractivity contribution in [3.8, 4) is 0 Å². The molecule has 1 amide bonds. The Morgan fingerprint density at radius 3 is 2.57 bits per heavy atom. The van der Waals surface area contributed by atoms with Crippen LogP contribution in [0.4, 0.5) is 0 Å². The van der Waals surface area contributed by atoms with Crippen molar-refractivity contribution in [2.45, 2.75) is 46.0 Å². The highest BCUT2D eigenvalue weighted by Crippen LogP contribution is 2.11. The van der Waals surface area contributed by atoms with Crippen molar-refractivity contribution >= 4 is 23.0 Å². The number of carbonyl (C=O) groups excluding carboxylic acids is 1. The molecule has 2 rings (SSSR count). The van der Waals surface area contributed by atoms with Crippen LogP contribution in [0, 0.1) is 0 Å². The summed E-state index contributed by atoms with van der Waals surface area (Å²) in [6, 6.07) is 12.1. The molecule has 0 aliphatic rings. The van der Waals surface area contributed by atoms with E-state index in [-0.39, 0.29) is 5.91 Å². The van der Waals surface area contributed by atoms with E-state index in [0.717, 1.165) is 17.7 Å². The van der Waals surface area contributed by atoms with Crippen LogP contribution in [0.15, 0.2) is 46.9 Å². The number of nitrogens with one attached hydrogen (secondary N) is 1. The second-order valence-corrected chi connectivity index (χ2v) is 6.57. The third kappa shape index (κ3) is 5.64. The monoisotopic (exact) mass is 328 g/mol. The minimum absolute atomic E-state index is 0.160. The molecule has 0 radical (unpaired) electrons. The van der Waals surface area contributed by atoms with Crippen molar-refractivity contribution in [1.29, 1.82) is 0 Å². The SMILES string of the molecule is CCCCCCc1ccc(/C(C)=N/NC(=O)c2cccs2)cc1. The molecule has 0 bridgehead atoms. The van der Waals surface area contributed by atoms with Crippen LogP contribution in [0.25, 0.3) is 0 Å². The number of thiophene rings is 1. The van der Waals surface area contributed by atoms with Crippen molar-refractivity contribution in [2.75, 3.05) is 0 Å². The zero-order valence-corrected chi connectivity index (χ0v) is 14.7. The summed E-state index contributed by atoms with van der Waals surface area (Å²) in [5, 5.41) is 6.07. The van der Waals surface area contributed by atoms with Gasteiger partial charge in [-0.25, -0.2) is 5.43 Å². The first-order chi connectivity index (χ1) is 11.2. The second kappa shape index (κ2) is 9.26. The second-order valence-electron chi connectivity index (χ2n) is 5.62. The van der Waals surface area contributed by atoms with E-state index in [9.17, 15) is 4.79 Å².